The molecule has 3 unspecified atom stereocenters. The lowest BCUT2D eigenvalue weighted by molar-refractivity contribution is 0.413. The lowest BCUT2D eigenvalue weighted by Crippen LogP contribution is -2.46. The highest BCUT2D eigenvalue weighted by Gasteiger charge is 2.26. The molecule has 2 rings (SSSR count). The van der Waals surface area contributed by atoms with E-state index in [9.17, 15) is 12.6 Å². The normalized spacial score (nSPS) is 21.1. The van der Waals surface area contributed by atoms with Gasteiger partial charge in [0.05, 0.1) is 11.4 Å². The first kappa shape index (κ1) is 26.3. The van der Waals surface area contributed by atoms with E-state index in [0.29, 0.717) is 18.3 Å². The Morgan fingerprint density at radius 1 is 1.28 bits per heavy atom. The highest BCUT2D eigenvalue weighted by molar-refractivity contribution is 14.0. The smallest absolute Gasteiger partial charge is 0.240 e. The Morgan fingerprint density at radius 3 is 2.69 bits per heavy atom. The summed E-state index contributed by atoms with van der Waals surface area (Å²) in [6.07, 6.45) is 4.02. The first-order valence-electron chi connectivity index (χ1n) is 9.84. The van der Waals surface area contributed by atoms with E-state index in [-0.39, 0.29) is 40.2 Å². The van der Waals surface area contributed by atoms with Crippen LogP contribution in [0.15, 0.2) is 34.2 Å². The third-order valence-corrected chi connectivity index (χ3v) is 8.02. The van der Waals surface area contributed by atoms with Crippen LogP contribution in [0.25, 0.3) is 0 Å². The van der Waals surface area contributed by atoms with Crippen LogP contribution in [0.1, 0.15) is 45.1 Å². The van der Waals surface area contributed by atoms with E-state index < -0.39 is 20.8 Å². The van der Waals surface area contributed by atoms with Gasteiger partial charge in [-0.05, 0) is 50.9 Å². The monoisotopic (exact) mass is 556 g/mol. The first-order valence-corrected chi connectivity index (χ1v) is 12.7. The lowest BCUT2D eigenvalue weighted by Gasteiger charge is -2.30. The zero-order valence-electron chi connectivity index (χ0n) is 17.3. The molecule has 0 spiro atoms. The van der Waals surface area contributed by atoms with Gasteiger partial charge in [-0.15, -0.1) is 24.0 Å². The van der Waals surface area contributed by atoms with Gasteiger partial charge in [0.2, 0.25) is 10.0 Å². The van der Waals surface area contributed by atoms with E-state index in [1.165, 1.54) is 7.05 Å². The van der Waals surface area contributed by atoms with Gasteiger partial charge in [0, 0.05) is 34.4 Å². The highest BCUT2D eigenvalue weighted by atomic mass is 127. The molecule has 166 valence electrons. The number of nitrogens with zero attached hydrogens (tertiary/aromatic N) is 1. The van der Waals surface area contributed by atoms with Crippen LogP contribution in [0.3, 0.4) is 0 Å². The van der Waals surface area contributed by atoms with Crippen molar-refractivity contribution in [1.29, 1.82) is 0 Å². The van der Waals surface area contributed by atoms with Gasteiger partial charge < -0.3 is 10.6 Å². The largest absolute Gasteiger partial charge is 0.357 e. The molecular weight excluding hydrogens is 523 g/mol. The molecule has 10 heteroatoms. The number of hydrogen-bond donors (Lipinski definition) is 3. The van der Waals surface area contributed by atoms with Gasteiger partial charge >= 0.3 is 0 Å². The summed E-state index contributed by atoms with van der Waals surface area (Å²) in [6.45, 7) is 5.09. The predicted molar refractivity (Wildman–Crippen MR) is 131 cm³/mol. The number of aliphatic imine (C=N–C) groups is 1. The molecule has 29 heavy (non-hydrogen) atoms. The molecule has 7 nitrogen and oxygen atoms in total. The zero-order chi connectivity index (χ0) is 20.6. The summed E-state index contributed by atoms with van der Waals surface area (Å²) in [7, 11) is -2.83. The van der Waals surface area contributed by atoms with Crippen molar-refractivity contribution in [3.05, 3.63) is 29.8 Å². The SMILES string of the molecule is CCNC(=NCc1cccc(S(=O)(=O)NC)c1)NC1CCCC(S(=O)CC)C1.I. The van der Waals surface area contributed by atoms with E-state index in [2.05, 4.69) is 20.3 Å². The lowest BCUT2D eigenvalue weighted by atomic mass is 9.95. The number of guanidine groups is 1. The van der Waals surface area contributed by atoms with Gasteiger partial charge in [-0.25, -0.2) is 18.1 Å². The van der Waals surface area contributed by atoms with Gasteiger partial charge in [-0.2, -0.15) is 0 Å². The Hall–Kier alpha value is -0.720. The minimum absolute atomic E-state index is 0. The van der Waals surface area contributed by atoms with Crippen LogP contribution in [0.2, 0.25) is 0 Å². The zero-order valence-corrected chi connectivity index (χ0v) is 21.3. The summed E-state index contributed by atoms with van der Waals surface area (Å²) in [6, 6.07) is 7.05. The summed E-state index contributed by atoms with van der Waals surface area (Å²) in [5, 5.41) is 6.96. The summed E-state index contributed by atoms with van der Waals surface area (Å²) >= 11 is 0. The van der Waals surface area contributed by atoms with Crippen LogP contribution in [-0.2, 0) is 27.4 Å². The molecule has 1 aliphatic carbocycles. The fraction of sp³-hybridized carbons (Fsp3) is 0.632. The van der Waals surface area contributed by atoms with Gasteiger partial charge in [0.1, 0.15) is 0 Å². The molecule has 0 radical (unpaired) electrons. The number of sulfonamides is 1. The average Bonchev–Trinajstić information content (AvgIpc) is 2.72. The van der Waals surface area contributed by atoms with Crippen LogP contribution in [0.4, 0.5) is 0 Å². The van der Waals surface area contributed by atoms with Crippen LogP contribution in [-0.4, -0.2) is 49.2 Å². The van der Waals surface area contributed by atoms with Gasteiger partial charge in [0.25, 0.3) is 0 Å². The van der Waals surface area contributed by atoms with E-state index in [1.807, 2.05) is 19.9 Å². The van der Waals surface area contributed by atoms with Gasteiger partial charge in [-0.1, -0.05) is 25.5 Å². The third-order valence-electron chi connectivity index (χ3n) is 4.86. The van der Waals surface area contributed by atoms with Crippen molar-refractivity contribution in [2.75, 3.05) is 19.3 Å². The Bertz CT molecular complexity index is 802. The van der Waals surface area contributed by atoms with Crippen molar-refractivity contribution in [2.45, 2.75) is 62.3 Å². The number of hydrogen-bond acceptors (Lipinski definition) is 4. The highest BCUT2D eigenvalue weighted by Crippen LogP contribution is 2.23. The number of benzene rings is 1. The van der Waals surface area contributed by atoms with Crippen LogP contribution >= 0.6 is 24.0 Å². The number of rotatable bonds is 8. The Balaban J connectivity index is 0.00000420. The Labute approximate surface area is 194 Å². The topological polar surface area (TPSA) is 99.7 Å². The minimum Gasteiger partial charge on any atom is -0.357 e. The van der Waals surface area contributed by atoms with Gasteiger partial charge in [0.15, 0.2) is 5.96 Å². The second kappa shape index (κ2) is 12.9. The molecule has 0 aromatic heterocycles. The molecule has 1 aromatic carbocycles. The third kappa shape index (κ3) is 8.14. The van der Waals surface area contributed by atoms with E-state index in [1.54, 1.807) is 18.2 Å². The number of nitrogens with one attached hydrogen (secondary N) is 3. The quantitative estimate of drug-likeness (QED) is 0.260. The standard InChI is InChI=1S/C19H32N4O3S2.HI/c1-4-21-19(23-16-9-7-10-17(13-16)27(24)5-2)22-14-15-8-6-11-18(12-15)28(25,26)20-3;/h6,8,11-12,16-17,20H,4-5,7,9-10,13-14H2,1-3H3,(H2,21,22,23);1H. The average molecular weight is 557 g/mol. The molecule has 1 aromatic rings. The molecule has 0 heterocycles. The summed E-state index contributed by atoms with van der Waals surface area (Å²) in [4.78, 5) is 4.85. The van der Waals surface area contributed by atoms with Gasteiger partial charge in [-0.3, -0.25) is 4.21 Å². The summed E-state index contributed by atoms with van der Waals surface area (Å²) < 4.78 is 38.4. The van der Waals surface area contributed by atoms with Crippen molar-refractivity contribution in [3.8, 4) is 0 Å². The molecule has 0 amide bonds. The first-order chi connectivity index (χ1) is 13.4. The van der Waals surface area contributed by atoms with E-state index >= 15 is 0 Å². The second-order valence-corrected chi connectivity index (χ2v) is 10.7. The molecule has 1 aliphatic rings. The Kier molecular flexibility index (Phi) is 11.7. The molecule has 1 fully saturated rings. The fourth-order valence-corrected chi connectivity index (χ4v) is 5.51. The van der Waals surface area contributed by atoms with Crippen molar-refractivity contribution in [2.24, 2.45) is 4.99 Å². The van der Waals surface area contributed by atoms with Crippen molar-refractivity contribution < 1.29 is 12.6 Å². The minimum atomic E-state index is -3.47. The summed E-state index contributed by atoms with van der Waals surface area (Å²) in [5.74, 6) is 1.41. The van der Waals surface area contributed by atoms with E-state index in [0.717, 1.165) is 37.8 Å². The van der Waals surface area contributed by atoms with Crippen LogP contribution < -0.4 is 15.4 Å². The van der Waals surface area contributed by atoms with Crippen LogP contribution in [0.5, 0.6) is 0 Å². The second-order valence-electron chi connectivity index (χ2n) is 6.85. The molecular formula is C19H33IN4O3S2. The molecule has 0 aliphatic heterocycles. The molecule has 3 N–H and O–H groups in total. The van der Waals surface area contributed by atoms with Crippen molar-refractivity contribution in [1.82, 2.24) is 15.4 Å². The maximum absolute atomic E-state index is 12.2. The Morgan fingerprint density at radius 2 is 2.03 bits per heavy atom. The summed E-state index contributed by atoms with van der Waals surface area (Å²) in [5.41, 5.74) is 0.821. The van der Waals surface area contributed by atoms with Crippen molar-refractivity contribution >= 4 is 50.8 Å². The molecule has 1 saturated carbocycles. The van der Waals surface area contributed by atoms with Crippen LogP contribution in [0, 0.1) is 0 Å². The number of halogens is 1. The van der Waals surface area contributed by atoms with Crippen molar-refractivity contribution in [3.63, 3.8) is 0 Å². The fourth-order valence-electron chi connectivity index (χ4n) is 3.36. The molecule has 3 atom stereocenters. The molecule has 0 bridgehead atoms. The molecule has 0 saturated heterocycles. The van der Waals surface area contributed by atoms with E-state index in [4.69, 9.17) is 0 Å². The maximum atomic E-state index is 12.2. The maximum Gasteiger partial charge on any atom is 0.240 e. The predicted octanol–water partition coefficient (Wildman–Crippen LogP) is 2.35.